The molecule has 2 atom stereocenters. The first-order chi connectivity index (χ1) is 6.58. The third kappa shape index (κ3) is 1.81. The molecule has 0 unspecified atom stereocenters. The Morgan fingerprint density at radius 1 is 1.14 bits per heavy atom. The van der Waals surface area contributed by atoms with Gasteiger partial charge in [0.25, 0.3) is 0 Å². The van der Waals surface area contributed by atoms with E-state index in [0.29, 0.717) is 0 Å². The summed E-state index contributed by atoms with van der Waals surface area (Å²) >= 11 is 0. The van der Waals surface area contributed by atoms with Crippen LogP contribution in [0.5, 0.6) is 0 Å². The second-order valence-electron chi connectivity index (χ2n) is 3.76. The summed E-state index contributed by atoms with van der Waals surface area (Å²) < 4.78 is 22.7. The van der Waals surface area contributed by atoms with Crippen molar-refractivity contribution >= 4 is 9.84 Å². The zero-order valence-corrected chi connectivity index (χ0v) is 8.57. The van der Waals surface area contributed by atoms with Crippen LogP contribution in [0.1, 0.15) is 11.5 Å². The molecule has 0 aliphatic carbocycles. The van der Waals surface area contributed by atoms with E-state index in [1.54, 1.807) is 0 Å². The summed E-state index contributed by atoms with van der Waals surface area (Å²) in [5.41, 5.74) is 6.84. The van der Waals surface area contributed by atoms with E-state index < -0.39 is 9.84 Å². The van der Waals surface area contributed by atoms with Gasteiger partial charge in [-0.15, -0.1) is 0 Å². The molecule has 1 fully saturated rings. The van der Waals surface area contributed by atoms with Gasteiger partial charge in [-0.05, 0) is 5.56 Å². The Morgan fingerprint density at radius 2 is 1.79 bits per heavy atom. The number of rotatable bonds is 1. The molecule has 1 aliphatic heterocycles. The van der Waals surface area contributed by atoms with E-state index in [0.717, 1.165) is 5.56 Å². The molecule has 2 rings (SSSR count). The number of hydrogen-bond donors (Lipinski definition) is 1. The highest BCUT2D eigenvalue weighted by molar-refractivity contribution is 7.91. The van der Waals surface area contributed by atoms with Crippen molar-refractivity contribution in [2.75, 3.05) is 11.5 Å². The van der Waals surface area contributed by atoms with Crippen molar-refractivity contribution in [1.29, 1.82) is 0 Å². The minimum absolute atomic E-state index is 0.0267. The maximum absolute atomic E-state index is 11.3. The van der Waals surface area contributed by atoms with Crippen LogP contribution < -0.4 is 5.73 Å². The molecule has 2 N–H and O–H groups in total. The Kier molecular flexibility index (Phi) is 2.33. The van der Waals surface area contributed by atoms with E-state index in [1.807, 2.05) is 30.3 Å². The van der Waals surface area contributed by atoms with Crippen molar-refractivity contribution < 1.29 is 8.42 Å². The fourth-order valence-electron chi connectivity index (χ4n) is 1.92. The molecular weight excluding hydrogens is 198 g/mol. The van der Waals surface area contributed by atoms with E-state index in [4.69, 9.17) is 5.73 Å². The van der Waals surface area contributed by atoms with Crippen LogP contribution in [-0.2, 0) is 9.84 Å². The molecule has 1 aromatic rings. The Morgan fingerprint density at radius 3 is 2.29 bits per heavy atom. The van der Waals surface area contributed by atoms with Gasteiger partial charge in [-0.1, -0.05) is 30.3 Å². The van der Waals surface area contributed by atoms with E-state index in [2.05, 4.69) is 0 Å². The van der Waals surface area contributed by atoms with Crippen molar-refractivity contribution in [3.8, 4) is 0 Å². The molecule has 1 saturated heterocycles. The maximum Gasteiger partial charge on any atom is 0.152 e. The lowest BCUT2D eigenvalue weighted by atomic mass is 9.95. The summed E-state index contributed by atoms with van der Waals surface area (Å²) in [5, 5.41) is 0. The zero-order chi connectivity index (χ0) is 10.2. The topological polar surface area (TPSA) is 60.2 Å². The number of sulfone groups is 1. The lowest BCUT2D eigenvalue weighted by Crippen LogP contribution is -2.27. The van der Waals surface area contributed by atoms with E-state index in [1.165, 1.54) is 0 Å². The number of hydrogen-bond acceptors (Lipinski definition) is 3. The molecule has 4 heteroatoms. The van der Waals surface area contributed by atoms with Gasteiger partial charge >= 0.3 is 0 Å². The first-order valence-electron chi connectivity index (χ1n) is 4.59. The average Bonchev–Trinajstić information content (AvgIpc) is 2.41. The van der Waals surface area contributed by atoms with Crippen LogP contribution in [0.4, 0.5) is 0 Å². The van der Waals surface area contributed by atoms with E-state index in [9.17, 15) is 8.42 Å². The second-order valence-corrected chi connectivity index (χ2v) is 5.91. The zero-order valence-electron chi connectivity index (χ0n) is 7.76. The summed E-state index contributed by atoms with van der Waals surface area (Å²) in [5.74, 6) is 0.284. The summed E-state index contributed by atoms with van der Waals surface area (Å²) in [4.78, 5) is 0. The number of nitrogens with two attached hydrogens (primary N) is 1. The Bertz CT molecular complexity index is 413. The van der Waals surface area contributed by atoms with Crippen molar-refractivity contribution in [3.63, 3.8) is 0 Å². The molecule has 76 valence electrons. The minimum atomic E-state index is -2.92. The van der Waals surface area contributed by atoms with Crippen LogP contribution in [0, 0.1) is 0 Å². The van der Waals surface area contributed by atoms with Crippen LogP contribution in [0.2, 0.25) is 0 Å². The van der Waals surface area contributed by atoms with Gasteiger partial charge in [0.1, 0.15) is 0 Å². The van der Waals surface area contributed by atoms with Gasteiger partial charge in [0.05, 0.1) is 11.5 Å². The Hall–Kier alpha value is -0.870. The molecule has 0 spiro atoms. The standard InChI is InChI=1S/C10H13NO2S/c11-10-7-14(12,13)6-9(10)8-4-2-1-3-5-8/h1-5,9-10H,6-7,11H2/t9-,10-/m0/s1. The SMILES string of the molecule is N[C@H]1CS(=O)(=O)C[C@H]1c1ccccc1. The van der Waals surface area contributed by atoms with Crippen LogP contribution in [0.3, 0.4) is 0 Å². The number of benzene rings is 1. The van der Waals surface area contributed by atoms with Gasteiger partial charge in [0, 0.05) is 12.0 Å². The van der Waals surface area contributed by atoms with Crippen LogP contribution in [-0.4, -0.2) is 26.0 Å². The van der Waals surface area contributed by atoms with Gasteiger partial charge < -0.3 is 5.73 Å². The monoisotopic (exact) mass is 211 g/mol. The van der Waals surface area contributed by atoms with Gasteiger partial charge in [-0.2, -0.15) is 0 Å². The third-order valence-electron chi connectivity index (χ3n) is 2.62. The molecule has 0 aromatic heterocycles. The second kappa shape index (κ2) is 3.37. The van der Waals surface area contributed by atoms with Crippen molar-refractivity contribution in [1.82, 2.24) is 0 Å². The van der Waals surface area contributed by atoms with Gasteiger partial charge in [0.2, 0.25) is 0 Å². The van der Waals surface area contributed by atoms with Crippen LogP contribution >= 0.6 is 0 Å². The third-order valence-corrected chi connectivity index (χ3v) is 4.38. The minimum Gasteiger partial charge on any atom is -0.326 e. The van der Waals surface area contributed by atoms with E-state index in [-0.39, 0.29) is 23.5 Å². The fraction of sp³-hybridized carbons (Fsp3) is 0.400. The average molecular weight is 211 g/mol. The fourth-order valence-corrected chi connectivity index (χ4v) is 3.86. The van der Waals surface area contributed by atoms with Crippen LogP contribution in [0.15, 0.2) is 30.3 Å². The molecule has 1 aromatic carbocycles. The molecule has 14 heavy (non-hydrogen) atoms. The summed E-state index contributed by atoms with van der Waals surface area (Å²) in [6.07, 6.45) is 0. The molecule has 0 radical (unpaired) electrons. The normalized spacial score (nSPS) is 30.4. The molecular formula is C10H13NO2S. The smallest absolute Gasteiger partial charge is 0.152 e. The molecule has 0 amide bonds. The largest absolute Gasteiger partial charge is 0.326 e. The summed E-state index contributed by atoms with van der Waals surface area (Å²) in [6, 6.07) is 9.36. The highest BCUT2D eigenvalue weighted by atomic mass is 32.2. The highest BCUT2D eigenvalue weighted by Gasteiger charge is 2.35. The first kappa shape index (κ1) is 9.68. The van der Waals surface area contributed by atoms with Gasteiger partial charge in [0.15, 0.2) is 9.84 Å². The molecule has 0 bridgehead atoms. The van der Waals surface area contributed by atoms with Crippen LogP contribution in [0.25, 0.3) is 0 Å². The first-order valence-corrected chi connectivity index (χ1v) is 6.41. The van der Waals surface area contributed by atoms with Gasteiger partial charge in [-0.25, -0.2) is 8.42 Å². The maximum atomic E-state index is 11.3. The predicted octanol–water partition coefficient (Wildman–Crippen LogP) is 0.526. The van der Waals surface area contributed by atoms with E-state index >= 15 is 0 Å². The molecule has 1 aliphatic rings. The van der Waals surface area contributed by atoms with Crippen molar-refractivity contribution in [3.05, 3.63) is 35.9 Å². The lowest BCUT2D eigenvalue weighted by molar-refractivity contribution is 0.601. The Balaban J connectivity index is 2.30. The Labute approximate surface area is 83.9 Å². The summed E-state index contributed by atoms with van der Waals surface area (Å²) in [7, 11) is -2.92. The summed E-state index contributed by atoms with van der Waals surface area (Å²) in [6.45, 7) is 0. The quantitative estimate of drug-likeness (QED) is 0.737. The molecule has 3 nitrogen and oxygen atoms in total. The molecule has 0 saturated carbocycles. The van der Waals surface area contributed by atoms with Crippen molar-refractivity contribution in [2.45, 2.75) is 12.0 Å². The lowest BCUT2D eigenvalue weighted by Gasteiger charge is -2.12. The highest BCUT2D eigenvalue weighted by Crippen LogP contribution is 2.27. The molecule has 1 heterocycles. The van der Waals surface area contributed by atoms with Gasteiger partial charge in [-0.3, -0.25) is 0 Å². The predicted molar refractivity (Wildman–Crippen MR) is 55.8 cm³/mol. The van der Waals surface area contributed by atoms with Crippen molar-refractivity contribution in [2.24, 2.45) is 5.73 Å².